The molecule has 20 heavy (non-hydrogen) atoms. The summed E-state index contributed by atoms with van der Waals surface area (Å²) in [5, 5.41) is 0. The minimum atomic E-state index is 0.360. The smallest absolute Gasteiger partial charge is 0.119 e. The van der Waals surface area contributed by atoms with Gasteiger partial charge in [-0.2, -0.15) is 0 Å². The van der Waals surface area contributed by atoms with Gasteiger partial charge >= 0.3 is 0 Å². The number of hydrogen-bond acceptors (Lipinski definition) is 4. The number of rotatable bonds is 6. The predicted molar refractivity (Wildman–Crippen MR) is 81.3 cm³/mol. The van der Waals surface area contributed by atoms with Crippen molar-refractivity contribution >= 4 is 0 Å². The van der Waals surface area contributed by atoms with E-state index in [4.69, 9.17) is 15.2 Å². The standard InChI is InChI=1S/C16H26N2O2/c1-3-19-14-4-6-15(7-5-14)20-11-10-18-9-8-16(17)13(2)12-18/h4-7,13,16H,3,8-12,17H2,1-2H3. The van der Waals surface area contributed by atoms with Gasteiger partial charge in [0.05, 0.1) is 6.61 Å². The molecule has 1 aliphatic rings. The lowest BCUT2D eigenvalue weighted by Crippen LogP contribution is -2.46. The molecule has 2 unspecified atom stereocenters. The fourth-order valence-corrected chi connectivity index (χ4v) is 2.54. The minimum absolute atomic E-state index is 0.360. The molecule has 2 atom stereocenters. The van der Waals surface area contributed by atoms with E-state index in [2.05, 4.69) is 11.8 Å². The Kier molecular flexibility index (Phi) is 5.68. The van der Waals surface area contributed by atoms with Gasteiger partial charge in [0.15, 0.2) is 0 Å². The highest BCUT2D eigenvalue weighted by atomic mass is 16.5. The summed E-state index contributed by atoms with van der Waals surface area (Å²) in [5.41, 5.74) is 6.03. The first-order valence-corrected chi connectivity index (χ1v) is 7.52. The van der Waals surface area contributed by atoms with Crippen molar-refractivity contribution in [3.05, 3.63) is 24.3 Å². The highest BCUT2D eigenvalue weighted by Crippen LogP contribution is 2.18. The topological polar surface area (TPSA) is 47.7 Å². The number of nitrogens with two attached hydrogens (primary N) is 1. The second-order valence-corrected chi connectivity index (χ2v) is 5.48. The predicted octanol–water partition coefficient (Wildman–Crippen LogP) is 2.13. The molecule has 0 amide bonds. The normalized spacial score (nSPS) is 23.6. The van der Waals surface area contributed by atoms with Crippen LogP contribution in [0.3, 0.4) is 0 Å². The second kappa shape index (κ2) is 7.50. The minimum Gasteiger partial charge on any atom is -0.494 e. The van der Waals surface area contributed by atoms with E-state index in [9.17, 15) is 0 Å². The Bertz CT molecular complexity index is 394. The van der Waals surface area contributed by atoms with Crippen LogP contribution in [0.4, 0.5) is 0 Å². The van der Waals surface area contributed by atoms with E-state index in [0.29, 0.717) is 18.6 Å². The van der Waals surface area contributed by atoms with Crippen LogP contribution in [0.2, 0.25) is 0 Å². The Morgan fingerprint density at radius 3 is 2.45 bits per heavy atom. The second-order valence-electron chi connectivity index (χ2n) is 5.48. The molecule has 0 aromatic heterocycles. The van der Waals surface area contributed by atoms with E-state index in [1.165, 1.54) is 0 Å². The van der Waals surface area contributed by atoms with Crippen LogP contribution in [0.15, 0.2) is 24.3 Å². The van der Waals surface area contributed by atoms with E-state index < -0.39 is 0 Å². The van der Waals surface area contributed by atoms with Gasteiger partial charge in [0.1, 0.15) is 18.1 Å². The molecular formula is C16H26N2O2. The Morgan fingerprint density at radius 2 is 1.85 bits per heavy atom. The number of ether oxygens (including phenoxy) is 2. The molecule has 1 saturated heterocycles. The summed E-state index contributed by atoms with van der Waals surface area (Å²) in [5.74, 6) is 2.36. The first-order valence-electron chi connectivity index (χ1n) is 7.52. The maximum Gasteiger partial charge on any atom is 0.119 e. The van der Waals surface area contributed by atoms with Gasteiger partial charge in [-0.05, 0) is 50.1 Å². The third kappa shape index (κ3) is 4.39. The molecule has 4 heteroatoms. The Labute approximate surface area is 121 Å². The molecule has 0 bridgehead atoms. The molecule has 0 saturated carbocycles. The van der Waals surface area contributed by atoms with Crippen molar-refractivity contribution in [3.8, 4) is 11.5 Å². The first kappa shape index (κ1) is 15.1. The zero-order valence-corrected chi connectivity index (χ0v) is 12.5. The van der Waals surface area contributed by atoms with Crippen molar-refractivity contribution in [2.75, 3.05) is 32.8 Å². The summed E-state index contributed by atoms with van der Waals surface area (Å²) in [7, 11) is 0. The molecule has 0 spiro atoms. The van der Waals surface area contributed by atoms with Gasteiger partial charge in [0.2, 0.25) is 0 Å². The zero-order valence-electron chi connectivity index (χ0n) is 12.5. The fraction of sp³-hybridized carbons (Fsp3) is 0.625. The molecular weight excluding hydrogens is 252 g/mol. The molecule has 4 nitrogen and oxygen atoms in total. The molecule has 1 aromatic rings. The van der Waals surface area contributed by atoms with Crippen LogP contribution in [0, 0.1) is 5.92 Å². The summed E-state index contributed by atoms with van der Waals surface area (Å²) in [6.45, 7) is 8.74. The van der Waals surface area contributed by atoms with Gasteiger partial charge in [-0.25, -0.2) is 0 Å². The van der Waals surface area contributed by atoms with Crippen molar-refractivity contribution in [3.63, 3.8) is 0 Å². The first-order chi connectivity index (χ1) is 9.69. The highest BCUT2D eigenvalue weighted by molar-refractivity contribution is 5.31. The van der Waals surface area contributed by atoms with Crippen molar-refractivity contribution in [2.45, 2.75) is 26.3 Å². The molecule has 1 aromatic carbocycles. The summed E-state index contributed by atoms with van der Waals surface area (Å²) < 4.78 is 11.2. The largest absolute Gasteiger partial charge is 0.494 e. The summed E-state index contributed by atoms with van der Waals surface area (Å²) >= 11 is 0. The van der Waals surface area contributed by atoms with Crippen LogP contribution in [0.25, 0.3) is 0 Å². The molecule has 0 radical (unpaired) electrons. The molecule has 2 N–H and O–H groups in total. The fourth-order valence-electron chi connectivity index (χ4n) is 2.54. The molecule has 112 valence electrons. The van der Waals surface area contributed by atoms with Gasteiger partial charge in [0, 0.05) is 19.1 Å². The van der Waals surface area contributed by atoms with Gasteiger partial charge in [-0.1, -0.05) is 6.92 Å². The molecule has 2 rings (SSSR count). The average molecular weight is 278 g/mol. The van der Waals surface area contributed by atoms with Gasteiger partial charge in [0.25, 0.3) is 0 Å². The van der Waals surface area contributed by atoms with E-state index in [0.717, 1.165) is 44.2 Å². The van der Waals surface area contributed by atoms with Crippen LogP contribution in [-0.2, 0) is 0 Å². The Balaban J connectivity index is 1.70. The lowest BCUT2D eigenvalue weighted by Gasteiger charge is -2.34. The quantitative estimate of drug-likeness (QED) is 0.866. The van der Waals surface area contributed by atoms with Crippen LogP contribution >= 0.6 is 0 Å². The lowest BCUT2D eigenvalue weighted by molar-refractivity contribution is 0.140. The van der Waals surface area contributed by atoms with Crippen LogP contribution < -0.4 is 15.2 Å². The average Bonchev–Trinajstić information content (AvgIpc) is 2.45. The highest BCUT2D eigenvalue weighted by Gasteiger charge is 2.22. The number of benzene rings is 1. The number of nitrogens with zero attached hydrogens (tertiary/aromatic N) is 1. The van der Waals surface area contributed by atoms with Gasteiger partial charge in [-0.3, -0.25) is 4.90 Å². The molecule has 1 fully saturated rings. The van der Waals surface area contributed by atoms with Crippen molar-refractivity contribution < 1.29 is 9.47 Å². The van der Waals surface area contributed by atoms with E-state index >= 15 is 0 Å². The van der Waals surface area contributed by atoms with Gasteiger partial charge < -0.3 is 15.2 Å². The van der Waals surface area contributed by atoms with Crippen LogP contribution in [0.1, 0.15) is 20.3 Å². The third-order valence-corrected chi connectivity index (χ3v) is 3.87. The number of piperidine rings is 1. The lowest BCUT2D eigenvalue weighted by atomic mass is 9.95. The van der Waals surface area contributed by atoms with E-state index in [-0.39, 0.29) is 0 Å². The Morgan fingerprint density at radius 1 is 1.20 bits per heavy atom. The molecule has 1 aliphatic heterocycles. The third-order valence-electron chi connectivity index (χ3n) is 3.87. The molecule has 1 heterocycles. The summed E-state index contributed by atoms with van der Waals surface area (Å²) in [6, 6.07) is 8.17. The maximum atomic E-state index is 6.03. The van der Waals surface area contributed by atoms with Crippen LogP contribution in [-0.4, -0.2) is 43.8 Å². The number of hydrogen-bond donors (Lipinski definition) is 1. The van der Waals surface area contributed by atoms with E-state index in [1.54, 1.807) is 0 Å². The monoisotopic (exact) mass is 278 g/mol. The molecule has 0 aliphatic carbocycles. The van der Waals surface area contributed by atoms with Crippen molar-refractivity contribution in [1.29, 1.82) is 0 Å². The van der Waals surface area contributed by atoms with Crippen molar-refractivity contribution in [2.24, 2.45) is 11.7 Å². The van der Waals surface area contributed by atoms with Crippen molar-refractivity contribution in [1.82, 2.24) is 4.90 Å². The summed E-state index contributed by atoms with van der Waals surface area (Å²) in [6.07, 6.45) is 1.09. The zero-order chi connectivity index (χ0) is 14.4. The van der Waals surface area contributed by atoms with Crippen LogP contribution in [0.5, 0.6) is 11.5 Å². The van der Waals surface area contributed by atoms with E-state index in [1.807, 2.05) is 31.2 Å². The number of likely N-dealkylation sites (tertiary alicyclic amines) is 1. The summed E-state index contributed by atoms with van der Waals surface area (Å²) in [4.78, 5) is 2.43. The Hall–Kier alpha value is -1.26. The van der Waals surface area contributed by atoms with Gasteiger partial charge in [-0.15, -0.1) is 0 Å². The SMILES string of the molecule is CCOc1ccc(OCCN2CCC(N)C(C)C2)cc1. The maximum absolute atomic E-state index is 6.03.